The van der Waals surface area contributed by atoms with Crippen molar-refractivity contribution in [2.75, 3.05) is 18.0 Å². The minimum Gasteiger partial charge on any atom is -0.495 e. The zero-order valence-electron chi connectivity index (χ0n) is 25.0. The van der Waals surface area contributed by atoms with E-state index in [0.717, 1.165) is 42.0 Å². The highest BCUT2D eigenvalue weighted by Gasteiger charge is 2.35. The lowest BCUT2D eigenvalue weighted by Gasteiger charge is -2.34. The first-order chi connectivity index (χ1) is 20.6. The van der Waals surface area contributed by atoms with Crippen LogP contribution in [0.15, 0.2) is 77.7 Å². The first-order valence-corrected chi connectivity index (χ1v) is 16.1. The number of rotatable bonds is 12. The number of aryl methyl sites for hydroxylation is 1. The van der Waals surface area contributed by atoms with Crippen LogP contribution in [0, 0.1) is 12.7 Å². The van der Waals surface area contributed by atoms with Crippen LogP contribution in [0.5, 0.6) is 5.75 Å². The predicted molar refractivity (Wildman–Crippen MR) is 165 cm³/mol. The van der Waals surface area contributed by atoms with Crippen molar-refractivity contribution in [3.05, 3.63) is 89.7 Å². The van der Waals surface area contributed by atoms with E-state index < -0.39 is 34.3 Å². The van der Waals surface area contributed by atoms with Gasteiger partial charge < -0.3 is 15.0 Å². The quantitative estimate of drug-likeness (QED) is 0.289. The lowest BCUT2D eigenvalue weighted by atomic mass is 9.95. The molecule has 1 aliphatic carbocycles. The SMILES string of the molecule is CC[C@H](C(=O)NC1CCCCC1)N(Cc1ccc(F)cc1)C(=O)CN(c1ccccc1OC)S(=O)(=O)c1ccc(C)cc1. The molecule has 230 valence electrons. The first-order valence-electron chi connectivity index (χ1n) is 14.7. The number of nitrogens with one attached hydrogen (secondary N) is 1. The highest BCUT2D eigenvalue weighted by Crippen LogP contribution is 2.33. The Morgan fingerprint density at radius 1 is 0.977 bits per heavy atom. The van der Waals surface area contributed by atoms with Crippen molar-refractivity contribution in [3.8, 4) is 5.75 Å². The molecule has 2 amide bonds. The Balaban J connectivity index is 1.73. The van der Waals surface area contributed by atoms with E-state index in [9.17, 15) is 22.4 Å². The van der Waals surface area contributed by atoms with Crippen LogP contribution >= 0.6 is 0 Å². The molecular weight excluding hydrogens is 569 g/mol. The number of ether oxygens (including phenoxy) is 1. The fourth-order valence-electron chi connectivity index (χ4n) is 5.44. The smallest absolute Gasteiger partial charge is 0.264 e. The van der Waals surface area contributed by atoms with Crippen molar-refractivity contribution in [1.29, 1.82) is 0 Å². The molecule has 3 aromatic rings. The van der Waals surface area contributed by atoms with Gasteiger partial charge in [0.25, 0.3) is 10.0 Å². The van der Waals surface area contributed by atoms with Crippen LogP contribution in [-0.4, -0.2) is 50.9 Å². The van der Waals surface area contributed by atoms with Crippen molar-refractivity contribution in [2.45, 2.75) is 75.9 Å². The molecule has 0 radical (unpaired) electrons. The van der Waals surface area contributed by atoms with Crippen LogP contribution in [0.2, 0.25) is 0 Å². The third-order valence-corrected chi connectivity index (χ3v) is 9.62. The summed E-state index contributed by atoms with van der Waals surface area (Å²) < 4.78 is 48.4. The summed E-state index contributed by atoms with van der Waals surface area (Å²) in [6.45, 7) is 3.09. The van der Waals surface area contributed by atoms with Gasteiger partial charge in [0.15, 0.2) is 0 Å². The molecule has 10 heteroatoms. The third-order valence-electron chi connectivity index (χ3n) is 7.85. The van der Waals surface area contributed by atoms with Gasteiger partial charge in [0.1, 0.15) is 24.2 Å². The normalized spacial score (nSPS) is 14.5. The second-order valence-corrected chi connectivity index (χ2v) is 12.8. The molecule has 1 N–H and O–H groups in total. The average Bonchev–Trinajstić information content (AvgIpc) is 3.01. The van der Waals surface area contributed by atoms with Crippen LogP contribution in [0.1, 0.15) is 56.6 Å². The van der Waals surface area contributed by atoms with Gasteiger partial charge in [-0.15, -0.1) is 0 Å². The number of hydrogen-bond donors (Lipinski definition) is 1. The van der Waals surface area contributed by atoms with E-state index in [1.165, 1.54) is 36.3 Å². The van der Waals surface area contributed by atoms with Crippen molar-refractivity contribution < 1.29 is 27.1 Å². The van der Waals surface area contributed by atoms with Crippen molar-refractivity contribution >= 4 is 27.5 Å². The lowest BCUT2D eigenvalue weighted by Crippen LogP contribution is -2.54. The topological polar surface area (TPSA) is 96.0 Å². The molecule has 0 saturated heterocycles. The molecule has 0 aromatic heterocycles. The number of anilines is 1. The van der Waals surface area contributed by atoms with E-state index in [0.29, 0.717) is 12.0 Å². The van der Waals surface area contributed by atoms with Crippen molar-refractivity contribution in [2.24, 2.45) is 0 Å². The van der Waals surface area contributed by atoms with Gasteiger partial charge in [-0.1, -0.05) is 68.1 Å². The minimum absolute atomic E-state index is 0.0000502. The Hall–Kier alpha value is -3.92. The number of carbonyl (C=O) groups excluding carboxylic acids is 2. The summed E-state index contributed by atoms with van der Waals surface area (Å²) in [5.74, 6) is -1.000. The summed E-state index contributed by atoms with van der Waals surface area (Å²) >= 11 is 0. The average molecular weight is 610 g/mol. The molecule has 1 saturated carbocycles. The number of amides is 2. The number of sulfonamides is 1. The van der Waals surface area contributed by atoms with Gasteiger partial charge in [-0.05, 0) is 68.1 Å². The molecule has 0 bridgehead atoms. The number of methoxy groups -OCH3 is 1. The van der Waals surface area contributed by atoms with Crippen LogP contribution < -0.4 is 14.4 Å². The largest absolute Gasteiger partial charge is 0.495 e. The Bertz CT molecular complexity index is 1490. The molecule has 0 heterocycles. The third kappa shape index (κ3) is 7.93. The lowest BCUT2D eigenvalue weighted by molar-refractivity contribution is -0.140. The van der Waals surface area contributed by atoms with Crippen molar-refractivity contribution in [3.63, 3.8) is 0 Å². The van der Waals surface area contributed by atoms with Gasteiger partial charge in [-0.25, -0.2) is 12.8 Å². The molecule has 0 spiro atoms. The van der Waals surface area contributed by atoms with Crippen LogP contribution in [-0.2, 0) is 26.2 Å². The second kappa shape index (κ2) is 14.5. The highest BCUT2D eigenvalue weighted by molar-refractivity contribution is 7.92. The number of para-hydroxylation sites is 2. The standard InChI is InChI=1S/C33H40FN3O5S/c1-4-29(33(39)35-27-10-6-5-7-11-27)36(22-25-16-18-26(34)19-17-25)32(38)23-37(30-12-8-9-13-31(30)42-3)43(40,41)28-20-14-24(2)15-21-28/h8-9,12-21,27,29H,4-7,10-11,22-23H2,1-3H3,(H,35,39)/t29-/m1/s1. The predicted octanol–water partition coefficient (Wildman–Crippen LogP) is 5.59. The Morgan fingerprint density at radius 2 is 1.63 bits per heavy atom. The number of hydrogen-bond acceptors (Lipinski definition) is 5. The molecule has 0 unspecified atom stereocenters. The highest BCUT2D eigenvalue weighted by atomic mass is 32.2. The summed E-state index contributed by atoms with van der Waals surface area (Å²) in [4.78, 5) is 29.3. The maximum atomic E-state index is 14.3. The monoisotopic (exact) mass is 609 g/mol. The van der Waals surface area contributed by atoms with E-state index in [-0.39, 0.29) is 34.8 Å². The Morgan fingerprint density at radius 3 is 2.26 bits per heavy atom. The molecule has 8 nitrogen and oxygen atoms in total. The molecule has 1 fully saturated rings. The molecule has 3 aromatic carbocycles. The van der Waals surface area contributed by atoms with Gasteiger partial charge in [0, 0.05) is 12.6 Å². The van der Waals surface area contributed by atoms with Gasteiger partial charge in [-0.2, -0.15) is 0 Å². The minimum atomic E-state index is -4.23. The maximum absolute atomic E-state index is 14.3. The molecule has 1 aliphatic rings. The molecule has 43 heavy (non-hydrogen) atoms. The second-order valence-electron chi connectivity index (χ2n) is 10.9. The van der Waals surface area contributed by atoms with E-state index in [1.807, 2.05) is 13.8 Å². The van der Waals surface area contributed by atoms with E-state index in [4.69, 9.17) is 4.74 Å². The molecule has 4 rings (SSSR count). The van der Waals surface area contributed by atoms with Crippen LogP contribution in [0.3, 0.4) is 0 Å². The zero-order chi connectivity index (χ0) is 31.0. The van der Waals surface area contributed by atoms with Gasteiger partial charge in [-0.3, -0.25) is 13.9 Å². The maximum Gasteiger partial charge on any atom is 0.264 e. The van der Waals surface area contributed by atoms with Crippen LogP contribution in [0.4, 0.5) is 10.1 Å². The van der Waals surface area contributed by atoms with Gasteiger partial charge >= 0.3 is 0 Å². The van der Waals surface area contributed by atoms with Crippen LogP contribution in [0.25, 0.3) is 0 Å². The van der Waals surface area contributed by atoms with Gasteiger partial charge in [0.2, 0.25) is 11.8 Å². The summed E-state index contributed by atoms with van der Waals surface area (Å²) in [6, 6.07) is 17.9. The molecule has 1 atom stereocenters. The summed E-state index contributed by atoms with van der Waals surface area (Å²) in [5, 5.41) is 3.12. The number of halogens is 1. The van der Waals surface area contributed by atoms with E-state index in [1.54, 1.807) is 48.5 Å². The zero-order valence-corrected chi connectivity index (χ0v) is 25.8. The summed E-state index contributed by atoms with van der Waals surface area (Å²) in [7, 11) is -2.80. The fourth-order valence-corrected chi connectivity index (χ4v) is 6.86. The first kappa shape index (κ1) is 32.0. The number of nitrogens with zero attached hydrogens (tertiary/aromatic N) is 2. The molecular formula is C33H40FN3O5S. The number of carbonyl (C=O) groups is 2. The Kier molecular flexibility index (Phi) is 10.8. The number of benzene rings is 3. The summed E-state index contributed by atoms with van der Waals surface area (Å²) in [6.07, 6.45) is 5.27. The fraction of sp³-hybridized carbons (Fsp3) is 0.394. The van der Waals surface area contributed by atoms with E-state index >= 15 is 0 Å². The summed E-state index contributed by atoms with van der Waals surface area (Å²) in [5.41, 5.74) is 1.70. The van der Waals surface area contributed by atoms with Gasteiger partial charge in [0.05, 0.1) is 17.7 Å². The van der Waals surface area contributed by atoms with E-state index in [2.05, 4.69) is 5.32 Å². The van der Waals surface area contributed by atoms with Crippen molar-refractivity contribution in [1.82, 2.24) is 10.2 Å². The molecule has 0 aliphatic heterocycles. The Labute approximate surface area is 253 Å².